The minimum absolute atomic E-state index is 0.215. The highest BCUT2D eigenvalue weighted by Crippen LogP contribution is 2.53. The Morgan fingerprint density at radius 3 is 2.78 bits per heavy atom. The number of amides is 1. The molecule has 1 saturated heterocycles. The summed E-state index contributed by atoms with van der Waals surface area (Å²) in [7, 11) is 0. The fourth-order valence-electron chi connectivity index (χ4n) is 3.83. The molecule has 1 unspecified atom stereocenters. The number of aliphatic hydroxyl groups is 1. The summed E-state index contributed by atoms with van der Waals surface area (Å²) >= 11 is 0. The Balaban J connectivity index is 2.46. The normalized spacial score (nSPS) is 38.4. The predicted molar refractivity (Wildman–Crippen MR) is 67.3 cm³/mol. The summed E-state index contributed by atoms with van der Waals surface area (Å²) in [5.74, 6) is 0.285. The molecular formula is C14H20N2O2. The van der Waals surface area contributed by atoms with Crippen molar-refractivity contribution in [3.8, 4) is 6.07 Å². The van der Waals surface area contributed by atoms with E-state index in [0.29, 0.717) is 12.1 Å². The van der Waals surface area contributed by atoms with Gasteiger partial charge in [0.1, 0.15) is 0 Å². The van der Waals surface area contributed by atoms with Crippen molar-refractivity contribution in [2.75, 3.05) is 13.1 Å². The molecule has 0 radical (unpaired) electrons. The molecule has 98 valence electrons. The summed E-state index contributed by atoms with van der Waals surface area (Å²) in [6, 6.07) is 2.10. The molecule has 0 aromatic rings. The van der Waals surface area contributed by atoms with Crippen molar-refractivity contribution in [3.63, 3.8) is 0 Å². The van der Waals surface area contributed by atoms with Gasteiger partial charge in [0.25, 0.3) is 0 Å². The number of fused-ring (bicyclic) bond motifs is 1. The molecule has 18 heavy (non-hydrogen) atoms. The SMILES string of the molecule is CC1(C)C(O)C(C#N)=C[C@@]2(C)CN(C=O)CC[C@H]12. The van der Waals surface area contributed by atoms with Gasteiger partial charge in [0, 0.05) is 18.5 Å². The van der Waals surface area contributed by atoms with Gasteiger partial charge in [-0.1, -0.05) is 26.8 Å². The van der Waals surface area contributed by atoms with Gasteiger partial charge in [-0.2, -0.15) is 5.26 Å². The van der Waals surface area contributed by atoms with Crippen molar-refractivity contribution in [1.82, 2.24) is 4.90 Å². The summed E-state index contributed by atoms with van der Waals surface area (Å²) < 4.78 is 0. The standard InChI is InChI=1S/C14H20N2O2/c1-13(2)11-4-5-16(9-17)8-14(11,3)6-10(7-15)12(13)18/h6,9,11-12,18H,4-5,8H2,1-3H3/t11-,12?,14+/m1/s1. The molecule has 0 saturated carbocycles. The monoisotopic (exact) mass is 248 g/mol. The Morgan fingerprint density at radius 2 is 2.22 bits per heavy atom. The zero-order chi connectivity index (χ0) is 13.6. The third kappa shape index (κ3) is 1.74. The van der Waals surface area contributed by atoms with Crippen LogP contribution in [0.25, 0.3) is 0 Å². The highest BCUT2D eigenvalue weighted by molar-refractivity contribution is 5.48. The van der Waals surface area contributed by atoms with Gasteiger partial charge in [0.2, 0.25) is 6.41 Å². The molecule has 1 fully saturated rings. The number of piperidine rings is 1. The summed E-state index contributed by atoms with van der Waals surface area (Å²) in [4.78, 5) is 12.7. The number of hydrogen-bond donors (Lipinski definition) is 1. The number of nitriles is 1. The molecule has 4 heteroatoms. The van der Waals surface area contributed by atoms with E-state index in [9.17, 15) is 9.90 Å². The molecule has 0 aromatic carbocycles. The highest BCUT2D eigenvalue weighted by atomic mass is 16.3. The van der Waals surface area contributed by atoms with E-state index in [1.165, 1.54) is 0 Å². The van der Waals surface area contributed by atoms with Crippen LogP contribution < -0.4 is 0 Å². The van der Waals surface area contributed by atoms with Crippen molar-refractivity contribution in [2.45, 2.75) is 33.3 Å². The van der Waals surface area contributed by atoms with E-state index in [0.717, 1.165) is 19.4 Å². The first-order valence-electron chi connectivity index (χ1n) is 6.35. The zero-order valence-electron chi connectivity index (χ0n) is 11.2. The van der Waals surface area contributed by atoms with Crippen molar-refractivity contribution in [3.05, 3.63) is 11.6 Å². The fourth-order valence-corrected chi connectivity index (χ4v) is 3.83. The molecule has 0 aromatic heterocycles. The molecule has 1 heterocycles. The Labute approximate surface area is 108 Å². The minimum Gasteiger partial charge on any atom is -0.387 e. The topological polar surface area (TPSA) is 64.3 Å². The lowest BCUT2D eigenvalue weighted by atomic mass is 9.54. The Morgan fingerprint density at radius 1 is 1.56 bits per heavy atom. The second-order valence-electron chi connectivity index (χ2n) is 6.36. The molecule has 2 aliphatic rings. The lowest BCUT2D eigenvalue weighted by Crippen LogP contribution is -2.56. The maximum Gasteiger partial charge on any atom is 0.209 e. The van der Waals surface area contributed by atoms with Gasteiger partial charge in [-0.25, -0.2) is 0 Å². The molecule has 1 amide bonds. The van der Waals surface area contributed by atoms with Gasteiger partial charge in [-0.05, 0) is 17.8 Å². The number of hydrogen-bond acceptors (Lipinski definition) is 3. The lowest BCUT2D eigenvalue weighted by Gasteiger charge is -2.55. The average molecular weight is 248 g/mol. The van der Waals surface area contributed by atoms with Crippen LogP contribution in [0, 0.1) is 28.1 Å². The smallest absolute Gasteiger partial charge is 0.209 e. The van der Waals surface area contributed by atoms with E-state index in [4.69, 9.17) is 5.26 Å². The highest BCUT2D eigenvalue weighted by Gasteiger charge is 2.52. The second-order valence-corrected chi connectivity index (χ2v) is 6.36. The third-order valence-corrected chi connectivity index (χ3v) is 4.71. The van der Waals surface area contributed by atoms with Gasteiger partial charge in [0.05, 0.1) is 17.7 Å². The van der Waals surface area contributed by atoms with Gasteiger partial charge in [0.15, 0.2) is 0 Å². The number of likely N-dealkylation sites (tertiary alicyclic amines) is 1. The van der Waals surface area contributed by atoms with Crippen LogP contribution in [-0.2, 0) is 4.79 Å². The number of rotatable bonds is 1. The number of carbonyl (C=O) groups excluding carboxylic acids is 1. The van der Waals surface area contributed by atoms with Gasteiger partial charge in [-0.15, -0.1) is 0 Å². The number of aliphatic hydroxyl groups excluding tert-OH is 1. The molecule has 1 aliphatic carbocycles. The summed E-state index contributed by atoms with van der Waals surface area (Å²) in [6.45, 7) is 7.47. The van der Waals surface area contributed by atoms with Crippen LogP contribution in [0.3, 0.4) is 0 Å². The van der Waals surface area contributed by atoms with Crippen molar-refractivity contribution in [2.24, 2.45) is 16.7 Å². The molecular weight excluding hydrogens is 228 g/mol. The Hall–Kier alpha value is -1.34. The minimum atomic E-state index is -0.705. The summed E-state index contributed by atoms with van der Waals surface area (Å²) in [5, 5.41) is 19.5. The van der Waals surface area contributed by atoms with Crippen molar-refractivity contribution >= 4 is 6.41 Å². The molecule has 3 atom stereocenters. The predicted octanol–water partition coefficient (Wildman–Crippen LogP) is 1.32. The first-order valence-corrected chi connectivity index (χ1v) is 6.35. The molecule has 1 aliphatic heterocycles. The number of nitrogens with zero attached hydrogens (tertiary/aromatic N) is 2. The zero-order valence-corrected chi connectivity index (χ0v) is 11.2. The van der Waals surface area contributed by atoms with Crippen LogP contribution in [0.1, 0.15) is 27.2 Å². The van der Waals surface area contributed by atoms with Crippen LogP contribution >= 0.6 is 0 Å². The largest absolute Gasteiger partial charge is 0.387 e. The van der Waals surface area contributed by atoms with Crippen LogP contribution in [0.5, 0.6) is 0 Å². The molecule has 2 rings (SSSR count). The van der Waals surface area contributed by atoms with Crippen molar-refractivity contribution in [1.29, 1.82) is 5.26 Å². The van der Waals surface area contributed by atoms with Gasteiger partial charge in [-0.3, -0.25) is 4.79 Å². The van der Waals surface area contributed by atoms with Gasteiger partial charge >= 0.3 is 0 Å². The van der Waals surface area contributed by atoms with Crippen LogP contribution in [-0.4, -0.2) is 35.6 Å². The lowest BCUT2D eigenvalue weighted by molar-refractivity contribution is -0.126. The maximum atomic E-state index is 10.9. The fraction of sp³-hybridized carbons (Fsp3) is 0.714. The van der Waals surface area contributed by atoms with E-state index in [-0.39, 0.29) is 16.7 Å². The van der Waals surface area contributed by atoms with Crippen LogP contribution in [0.4, 0.5) is 0 Å². The van der Waals surface area contributed by atoms with Gasteiger partial charge < -0.3 is 10.0 Å². The van der Waals surface area contributed by atoms with Crippen molar-refractivity contribution < 1.29 is 9.90 Å². The van der Waals surface area contributed by atoms with Crippen LogP contribution in [0.15, 0.2) is 11.6 Å². The van der Waals surface area contributed by atoms with E-state index < -0.39 is 6.10 Å². The first-order chi connectivity index (χ1) is 8.35. The van der Waals surface area contributed by atoms with E-state index in [1.807, 2.05) is 19.9 Å². The molecule has 0 bridgehead atoms. The number of carbonyl (C=O) groups is 1. The molecule has 1 N–H and O–H groups in total. The Bertz CT molecular complexity index is 436. The Kier molecular flexibility index (Phi) is 2.98. The summed E-state index contributed by atoms with van der Waals surface area (Å²) in [5.41, 5.74) is -0.109. The summed E-state index contributed by atoms with van der Waals surface area (Å²) in [6.07, 6.45) is 2.92. The molecule has 4 nitrogen and oxygen atoms in total. The van der Waals surface area contributed by atoms with Crippen LogP contribution in [0.2, 0.25) is 0 Å². The third-order valence-electron chi connectivity index (χ3n) is 4.71. The van der Waals surface area contributed by atoms with E-state index >= 15 is 0 Å². The second kappa shape index (κ2) is 4.10. The maximum absolute atomic E-state index is 10.9. The molecule has 0 spiro atoms. The average Bonchev–Trinajstić information content (AvgIpc) is 2.33. The van der Waals surface area contributed by atoms with E-state index in [1.54, 1.807) is 4.90 Å². The van der Waals surface area contributed by atoms with E-state index in [2.05, 4.69) is 13.0 Å². The first kappa shape index (κ1) is 13.1. The quantitative estimate of drug-likeness (QED) is 0.712.